The van der Waals surface area contributed by atoms with Crippen molar-refractivity contribution in [3.63, 3.8) is 0 Å². The number of carbonyl (C=O) groups is 1. The van der Waals surface area contributed by atoms with Crippen molar-refractivity contribution >= 4 is 45.4 Å². The fourth-order valence-electron chi connectivity index (χ4n) is 2.59. The number of halogens is 1. The molecule has 0 spiro atoms. The van der Waals surface area contributed by atoms with Gasteiger partial charge in [-0.15, -0.1) is 23.5 Å². The molecule has 1 aliphatic heterocycles. The summed E-state index contributed by atoms with van der Waals surface area (Å²) in [7, 11) is 0. The van der Waals surface area contributed by atoms with Gasteiger partial charge in [-0.3, -0.25) is 0 Å². The lowest BCUT2D eigenvalue weighted by Crippen LogP contribution is -2.05. The fourth-order valence-corrected chi connectivity index (χ4v) is 4.73. The third-order valence-electron chi connectivity index (χ3n) is 3.53. The second kappa shape index (κ2) is 6.07. The molecule has 2 aromatic carbocycles. The number of carboxylic acid groups (broad SMARTS) is 1. The Labute approximate surface area is 140 Å². The van der Waals surface area contributed by atoms with Gasteiger partial charge in [-0.25, -0.2) is 4.79 Å². The standard InChI is InChI=1S/C16H13BrO2S2/c1-20-13-8-12(9-2-4-10(17)5-3-9)15-11(6-7-21-15)14(13)16(18)19/h2-5,8H,6-7H2,1H3,(H,18,19). The van der Waals surface area contributed by atoms with Crippen LogP contribution in [-0.2, 0) is 6.42 Å². The van der Waals surface area contributed by atoms with Crippen molar-refractivity contribution in [1.29, 1.82) is 0 Å². The highest BCUT2D eigenvalue weighted by atomic mass is 79.9. The molecule has 0 aliphatic carbocycles. The maximum absolute atomic E-state index is 11.6. The van der Waals surface area contributed by atoms with E-state index in [-0.39, 0.29) is 0 Å². The second-order valence-corrected chi connectivity index (χ2v) is 7.59. The molecule has 0 atom stereocenters. The quantitative estimate of drug-likeness (QED) is 0.743. The maximum Gasteiger partial charge on any atom is 0.337 e. The zero-order valence-electron chi connectivity index (χ0n) is 11.4. The minimum absolute atomic E-state index is 0.489. The summed E-state index contributed by atoms with van der Waals surface area (Å²) >= 11 is 6.71. The second-order valence-electron chi connectivity index (χ2n) is 4.72. The Morgan fingerprint density at radius 3 is 2.67 bits per heavy atom. The van der Waals surface area contributed by atoms with Gasteiger partial charge in [0.15, 0.2) is 0 Å². The fraction of sp³-hybridized carbons (Fsp3) is 0.188. The van der Waals surface area contributed by atoms with Crippen molar-refractivity contribution in [3.05, 3.63) is 45.9 Å². The molecule has 108 valence electrons. The Hall–Kier alpha value is -0.910. The molecule has 0 aromatic heterocycles. The monoisotopic (exact) mass is 380 g/mol. The van der Waals surface area contributed by atoms with Crippen molar-refractivity contribution in [3.8, 4) is 11.1 Å². The maximum atomic E-state index is 11.6. The normalized spacial score (nSPS) is 13.2. The summed E-state index contributed by atoms with van der Waals surface area (Å²) in [4.78, 5) is 13.6. The van der Waals surface area contributed by atoms with Crippen LogP contribution in [0.2, 0.25) is 0 Å². The molecule has 3 rings (SSSR count). The Kier molecular flexibility index (Phi) is 4.33. The number of rotatable bonds is 3. The van der Waals surface area contributed by atoms with Crippen LogP contribution in [0.25, 0.3) is 11.1 Å². The van der Waals surface area contributed by atoms with Gasteiger partial charge in [0.2, 0.25) is 0 Å². The average molecular weight is 381 g/mol. The van der Waals surface area contributed by atoms with E-state index in [1.807, 2.05) is 24.5 Å². The van der Waals surface area contributed by atoms with Gasteiger partial charge < -0.3 is 5.11 Å². The van der Waals surface area contributed by atoms with Gasteiger partial charge in [-0.1, -0.05) is 28.1 Å². The molecule has 0 amide bonds. The van der Waals surface area contributed by atoms with E-state index < -0.39 is 5.97 Å². The minimum Gasteiger partial charge on any atom is -0.478 e. The summed E-state index contributed by atoms with van der Waals surface area (Å²) in [6, 6.07) is 10.2. The van der Waals surface area contributed by atoms with Gasteiger partial charge in [0.1, 0.15) is 0 Å². The molecule has 0 bridgehead atoms. The summed E-state index contributed by atoms with van der Waals surface area (Å²) in [5, 5.41) is 9.53. The Morgan fingerprint density at radius 2 is 2.05 bits per heavy atom. The summed E-state index contributed by atoms with van der Waals surface area (Å²) in [6.07, 6.45) is 2.77. The van der Waals surface area contributed by atoms with E-state index in [0.29, 0.717) is 5.56 Å². The van der Waals surface area contributed by atoms with Crippen LogP contribution in [-0.4, -0.2) is 23.1 Å². The first-order valence-electron chi connectivity index (χ1n) is 6.47. The molecule has 2 aromatic rings. The highest BCUT2D eigenvalue weighted by Crippen LogP contribution is 2.44. The van der Waals surface area contributed by atoms with E-state index in [4.69, 9.17) is 0 Å². The van der Waals surface area contributed by atoms with Gasteiger partial charge in [0.05, 0.1) is 5.56 Å². The molecule has 0 saturated carbocycles. The Balaban J connectivity index is 2.25. The summed E-state index contributed by atoms with van der Waals surface area (Å²) in [5.41, 5.74) is 3.77. The number of benzene rings is 2. The third-order valence-corrected chi connectivity index (χ3v) is 5.98. The van der Waals surface area contributed by atoms with Crippen LogP contribution in [0.15, 0.2) is 44.6 Å². The van der Waals surface area contributed by atoms with Gasteiger partial charge in [-0.2, -0.15) is 0 Å². The molecule has 1 aliphatic rings. The zero-order valence-corrected chi connectivity index (χ0v) is 14.6. The van der Waals surface area contributed by atoms with Crippen LogP contribution in [0.5, 0.6) is 0 Å². The molecular weight excluding hydrogens is 368 g/mol. The van der Waals surface area contributed by atoms with Crippen LogP contribution in [0.1, 0.15) is 15.9 Å². The zero-order chi connectivity index (χ0) is 15.0. The first kappa shape index (κ1) is 15.0. The van der Waals surface area contributed by atoms with E-state index >= 15 is 0 Å². The number of hydrogen-bond acceptors (Lipinski definition) is 3. The first-order valence-corrected chi connectivity index (χ1v) is 9.48. The van der Waals surface area contributed by atoms with Gasteiger partial charge >= 0.3 is 5.97 Å². The Bertz CT molecular complexity index is 711. The lowest BCUT2D eigenvalue weighted by molar-refractivity contribution is 0.0691. The predicted molar refractivity (Wildman–Crippen MR) is 92.7 cm³/mol. The van der Waals surface area contributed by atoms with Crippen LogP contribution >= 0.6 is 39.5 Å². The molecule has 2 nitrogen and oxygen atoms in total. The number of thioether (sulfide) groups is 2. The van der Waals surface area contributed by atoms with Crippen LogP contribution in [0.4, 0.5) is 0 Å². The van der Waals surface area contributed by atoms with Crippen molar-refractivity contribution in [2.75, 3.05) is 12.0 Å². The average Bonchev–Trinajstić information content (AvgIpc) is 2.95. The van der Waals surface area contributed by atoms with Gasteiger partial charge in [0, 0.05) is 20.0 Å². The summed E-state index contributed by atoms with van der Waals surface area (Å²) < 4.78 is 1.04. The highest BCUT2D eigenvalue weighted by molar-refractivity contribution is 9.10. The smallest absolute Gasteiger partial charge is 0.337 e. The highest BCUT2D eigenvalue weighted by Gasteiger charge is 2.26. The van der Waals surface area contributed by atoms with E-state index in [1.54, 1.807) is 11.8 Å². The number of fused-ring (bicyclic) bond motifs is 1. The molecule has 21 heavy (non-hydrogen) atoms. The molecular formula is C16H13BrO2S2. The van der Waals surface area contributed by atoms with E-state index in [0.717, 1.165) is 43.1 Å². The predicted octanol–water partition coefficient (Wildman–Crippen LogP) is 5.18. The molecule has 1 heterocycles. The lowest BCUT2D eigenvalue weighted by Gasteiger charge is -2.14. The largest absolute Gasteiger partial charge is 0.478 e. The van der Waals surface area contributed by atoms with E-state index in [2.05, 4.69) is 28.1 Å². The van der Waals surface area contributed by atoms with Crippen molar-refractivity contribution < 1.29 is 9.90 Å². The van der Waals surface area contributed by atoms with Crippen LogP contribution in [0, 0.1) is 0 Å². The van der Waals surface area contributed by atoms with E-state index in [9.17, 15) is 9.90 Å². The number of aromatic carboxylic acids is 1. The SMILES string of the molecule is CSc1cc(-c2ccc(Br)cc2)c2c(c1C(=O)O)CCS2. The lowest BCUT2D eigenvalue weighted by atomic mass is 9.97. The molecule has 0 unspecified atom stereocenters. The number of carboxylic acids is 1. The van der Waals surface area contributed by atoms with Gasteiger partial charge in [0.25, 0.3) is 0 Å². The van der Waals surface area contributed by atoms with Crippen LogP contribution in [0.3, 0.4) is 0 Å². The third kappa shape index (κ3) is 2.74. The minimum atomic E-state index is -0.819. The van der Waals surface area contributed by atoms with E-state index in [1.165, 1.54) is 11.8 Å². The van der Waals surface area contributed by atoms with Crippen molar-refractivity contribution in [2.45, 2.75) is 16.2 Å². The molecule has 0 radical (unpaired) electrons. The molecule has 0 fully saturated rings. The van der Waals surface area contributed by atoms with Crippen molar-refractivity contribution in [2.24, 2.45) is 0 Å². The summed E-state index contributed by atoms with van der Waals surface area (Å²) in [6.45, 7) is 0. The molecule has 5 heteroatoms. The Morgan fingerprint density at radius 1 is 1.33 bits per heavy atom. The molecule has 0 saturated heterocycles. The summed E-state index contributed by atoms with van der Waals surface area (Å²) in [5.74, 6) is 0.136. The van der Waals surface area contributed by atoms with Crippen LogP contribution < -0.4 is 0 Å². The first-order chi connectivity index (χ1) is 10.1. The molecule has 1 N–H and O–H groups in total. The van der Waals surface area contributed by atoms with Crippen molar-refractivity contribution in [1.82, 2.24) is 0 Å². The van der Waals surface area contributed by atoms with Gasteiger partial charge in [-0.05, 0) is 47.6 Å². The number of hydrogen-bond donors (Lipinski definition) is 1. The topological polar surface area (TPSA) is 37.3 Å².